The monoisotopic (exact) mass is 224 g/mol. The zero-order valence-corrected chi connectivity index (χ0v) is 8.77. The number of carbonyl (C=O) groups excluding carboxylic acids is 1. The lowest BCUT2D eigenvalue weighted by molar-refractivity contribution is 0.0469. The van der Waals surface area contributed by atoms with E-state index in [1.807, 2.05) is 0 Å². The lowest BCUT2D eigenvalue weighted by Gasteiger charge is -2.30. The summed E-state index contributed by atoms with van der Waals surface area (Å²) in [5.74, 6) is -1.16. The van der Waals surface area contributed by atoms with Crippen molar-refractivity contribution in [2.45, 2.75) is 18.9 Å². The number of pyridine rings is 1. The van der Waals surface area contributed by atoms with E-state index >= 15 is 0 Å². The van der Waals surface area contributed by atoms with Gasteiger partial charge in [-0.25, -0.2) is 4.98 Å². The van der Waals surface area contributed by atoms with Gasteiger partial charge in [-0.15, -0.1) is 0 Å². The highest BCUT2D eigenvalue weighted by molar-refractivity contribution is 5.94. The lowest BCUT2D eigenvalue weighted by Crippen LogP contribution is -2.42. The van der Waals surface area contributed by atoms with E-state index in [4.69, 9.17) is 0 Å². The molecule has 2 rings (SSSR count). The van der Waals surface area contributed by atoms with Gasteiger partial charge in [0.15, 0.2) is 0 Å². The van der Waals surface area contributed by atoms with Crippen molar-refractivity contribution in [3.63, 3.8) is 0 Å². The zero-order valence-electron chi connectivity index (χ0n) is 8.77. The van der Waals surface area contributed by atoms with Crippen molar-refractivity contribution in [3.8, 4) is 0 Å². The van der Waals surface area contributed by atoms with Crippen molar-refractivity contribution < 1.29 is 14.3 Å². The molecule has 1 amide bonds. The van der Waals surface area contributed by atoms with E-state index in [2.05, 4.69) is 4.98 Å². The molecule has 0 saturated carbocycles. The van der Waals surface area contributed by atoms with Crippen LogP contribution in [0, 0.1) is 5.95 Å². The fourth-order valence-corrected chi connectivity index (χ4v) is 1.86. The number of hydrogen-bond donors (Lipinski definition) is 1. The average Bonchev–Trinajstić information content (AvgIpc) is 2.29. The third kappa shape index (κ3) is 2.19. The lowest BCUT2D eigenvalue weighted by atomic mass is 10.1. The highest BCUT2D eigenvalue weighted by Gasteiger charge is 2.24. The van der Waals surface area contributed by atoms with Gasteiger partial charge in [-0.1, -0.05) is 0 Å². The van der Waals surface area contributed by atoms with Gasteiger partial charge in [0.25, 0.3) is 5.91 Å². The van der Waals surface area contributed by atoms with Gasteiger partial charge in [-0.05, 0) is 25.0 Å². The first-order chi connectivity index (χ1) is 7.68. The number of rotatable bonds is 1. The average molecular weight is 224 g/mol. The zero-order chi connectivity index (χ0) is 11.5. The second kappa shape index (κ2) is 4.57. The van der Waals surface area contributed by atoms with Gasteiger partial charge in [-0.2, -0.15) is 4.39 Å². The van der Waals surface area contributed by atoms with Crippen LogP contribution in [-0.4, -0.2) is 40.1 Å². The van der Waals surface area contributed by atoms with E-state index in [0.717, 1.165) is 6.42 Å². The summed E-state index contributed by atoms with van der Waals surface area (Å²) in [6.45, 7) is 0.831. The molecule has 1 saturated heterocycles. The number of amides is 1. The number of halogens is 1. The van der Waals surface area contributed by atoms with Gasteiger partial charge in [0.2, 0.25) is 5.95 Å². The van der Waals surface area contributed by atoms with Crippen molar-refractivity contribution in [2.24, 2.45) is 0 Å². The van der Waals surface area contributed by atoms with Gasteiger partial charge < -0.3 is 10.0 Å². The normalized spacial score (nSPS) is 20.9. The highest BCUT2D eigenvalue weighted by Crippen LogP contribution is 2.14. The van der Waals surface area contributed by atoms with Crippen LogP contribution in [0.25, 0.3) is 0 Å². The van der Waals surface area contributed by atoms with E-state index in [0.29, 0.717) is 13.0 Å². The third-order valence-corrected chi connectivity index (χ3v) is 2.67. The van der Waals surface area contributed by atoms with Crippen molar-refractivity contribution >= 4 is 5.91 Å². The summed E-state index contributed by atoms with van der Waals surface area (Å²) in [6.07, 6.45) is 2.24. The Morgan fingerprint density at radius 2 is 2.44 bits per heavy atom. The first-order valence-corrected chi connectivity index (χ1v) is 5.26. The van der Waals surface area contributed by atoms with Gasteiger partial charge in [0.1, 0.15) is 0 Å². The summed E-state index contributed by atoms with van der Waals surface area (Å²) >= 11 is 0. The predicted molar refractivity (Wildman–Crippen MR) is 55.3 cm³/mol. The smallest absolute Gasteiger partial charge is 0.258 e. The van der Waals surface area contributed by atoms with Gasteiger partial charge in [0.05, 0.1) is 11.7 Å². The number of piperidine rings is 1. The fraction of sp³-hybridized carbons (Fsp3) is 0.455. The van der Waals surface area contributed by atoms with Crippen molar-refractivity contribution in [1.29, 1.82) is 0 Å². The Bertz CT molecular complexity index is 397. The molecule has 0 spiro atoms. The number of β-amino-alcohol motifs (C(OH)–C–C–N with tert-alkyl or cyclic N) is 1. The number of carbonyl (C=O) groups is 1. The van der Waals surface area contributed by atoms with Gasteiger partial charge in [-0.3, -0.25) is 4.79 Å². The summed E-state index contributed by atoms with van der Waals surface area (Å²) < 4.78 is 13.3. The maximum atomic E-state index is 13.3. The summed E-state index contributed by atoms with van der Waals surface area (Å²) in [7, 11) is 0. The largest absolute Gasteiger partial charge is 0.391 e. The molecule has 1 aromatic rings. The minimum Gasteiger partial charge on any atom is -0.391 e. The fourth-order valence-electron chi connectivity index (χ4n) is 1.86. The van der Waals surface area contributed by atoms with Crippen LogP contribution in [0.1, 0.15) is 23.2 Å². The minimum absolute atomic E-state index is 0.0309. The molecule has 2 heterocycles. The first-order valence-electron chi connectivity index (χ1n) is 5.26. The Morgan fingerprint density at radius 1 is 1.62 bits per heavy atom. The third-order valence-electron chi connectivity index (χ3n) is 2.67. The predicted octanol–water partition coefficient (Wildman–Crippen LogP) is 0.818. The number of aromatic nitrogens is 1. The molecule has 1 N–H and O–H groups in total. The topological polar surface area (TPSA) is 53.4 Å². The van der Waals surface area contributed by atoms with Crippen molar-refractivity contribution in [2.75, 3.05) is 13.1 Å². The molecule has 1 aliphatic heterocycles. The Labute approximate surface area is 92.7 Å². The molecule has 86 valence electrons. The van der Waals surface area contributed by atoms with Gasteiger partial charge >= 0.3 is 0 Å². The SMILES string of the molecule is O=C(c1cccnc1F)N1CCC[C@@H](O)C1. The molecule has 0 radical (unpaired) electrons. The summed E-state index contributed by atoms with van der Waals surface area (Å²) in [4.78, 5) is 16.8. The van der Waals surface area contributed by atoms with E-state index in [9.17, 15) is 14.3 Å². The first kappa shape index (κ1) is 11.0. The molecule has 1 aliphatic rings. The number of aliphatic hydroxyl groups is 1. The Morgan fingerprint density at radius 3 is 3.12 bits per heavy atom. The van der Waals surface area contributed by atoms with Crippen LogP contribution in [-0.2, 0) is 0 Å². The number of hydrogen-bond acceptors (Lipinski definition) is 3. The molecule has 0 bridgehead atoms. The molecule has 1 fully saturated rings. The quantitative estimate of drug-likeness (QED) is 0.718. The van der Waals surface area contributed by atoms with Crippen LogP contribution in [0.15, 0.2) is 18.3 Å². The van der Waals surface area contributed by atoms with Crippen LogP contribution < -0.4 is 0 Å². The molecule has 1 atom stereocenters. The molecule has 0 aliphatic carbocycles. The minimum atomic E-state index is -0.757. The number of aliphatic hydroxyl groups excluding tert-OH is 1. The van der Waals surface area contributed by atoms with E-state index < -0.39 is 18.0 Å². The summed E-state index contributed by atoms with van der Waals surface area (Å²) in [5.41, 5.74) is -0.0309. The van der Waals surface area contributed by atoms with E-state index in [1.54, 1.807) is 0 Å². The van der Waals surface area contributed by atoms with Crippen molar-refractivity contribution in [1.82, 2.24) is 9.88 Å². The molecular formula is C11H13FN2O2. The maximum Gasteiger partial charge on any atom is 0.258 e. The molecule has 0 aromatic carbocycles. The maximum absolute atomic E-state index is 13.3. The van der Waals surface area contributed by atoms with Gasteiger partial charge in [0, 0.05) is 19.3 Å². The Kier molecular flexibility index (Phi) is 3.14. The molecular weight excluding hydrogens is 211 g/mol. The Balaban J connectivity index is 2.16. The molecule has 0 unspecified atom stereocenters. The Hall–Kier alpha value is -1.49. The van der Waals surface area contributed by atoms with Crippen LogP contribution >= 0.6 is 0 Å². The van der Waals surface area contributed by atoms with Crippen LogP contribution in [0.2, 0.25) is 0 Å². The van der Waals surface area contributed by atoms with Crippen molar-refractivity contribution in [3.05, 3.63) is 29.8 Å². The molecule has 1 aromatic heterocycles. The number of nitrogens with zero attached hydrogens (tertiary/aromatic N) is 2. The molecule has 4 nitrogen and oxygen atoms in total. The van der Waals surface area contributed by atoms with Crippen LogP contribution in [0.5, 0.6) is 0 Å². The van der Waals surface area contributed by atoms with E-state index in [1.165, 1.54) is 23.2 Å². The second-order valence-corrected chi connectivity index (χ2v) is 3.89. The summed E-state index contributed by atoms with van der Waals surface area (Å²) in [5, 5.41) is 9.44. The molecule has 5 heteroatoms. The summed E-state index contributed by atoms with van der Waals surface area (Å²) in [6, 6.07) is 2.93. The highest BCUT2D eigenvalue weighted by atomic mass is 19.1. The van der Waals surface area contributed by atoms with Crippen LogP contribution in [0.3, 0.4) is 0 Å². The standard InChI is InChI=1S/C11H13FN2O2/c12-10-9(4-1-5-13-10)11(16)14-6-2-3-8(15)7-14/h1,4-5,8,15H,2-3,6-7H2/t8-/m1/s1. The van der Waals surface area contributed by atoms with E-state index in [-0.39, 0.29) is 12.1 Å². The second-order valence-electron chi connectivity index (χ2n) is 3.89. The van der Waals surface area contributed by atoms with Crippen LogP contribution in [0.4, 0.5) is 4.39 Å². The molecule has 16 heavy (non-hydrogen) atoms. The number of likely N-dealkylation sites (tertiary alicyclic amines) is 1.